The van der Waals surface area contributed by atoms with Gasteiger partial charge >= 0.3 is 0 Å². The molecule has 0 saturated heterocycles. The summed E-state index contributed by atoms with van der Waals surface area (Å²) in [6.45, 7) is 2.91. The van der Waals surface area contributed by atoms with Gasteiger partial charge in [-0.25, -0.2) is 0 Å². The van der Waals surface area contributed by atoms with Gasteiger partial charge in [0, 0.05) is 19.7 Å². The first-order valence-corrected chi connectivity index (χ1v) is 4.52. The summed E-state index contributed by atoms with van der Waals surface area (Å²) in [7, 11) is 3.58. The molecule has 1 rings (SSSR count). The zero-order chi connectivity index (χ0) is 10.6. The van der Waals surface area contributed by atoms with Crippen molar-refractivity contribution in [2.75, 3.05) is 25.6 Å². The molecule has 0 aliphatic rings. The average molecular weight is 190 g/mol. The molecule has 1 aromatic rings. The highest BCUT2D eigenvalue weighted by Crippen LogP contribution is 2.24. The third kappa shape index (κ3) is 1.97. The Kier molecular flexibility index (Phi) is 3.35. The summed E-state index contributed by atoms with van der Waals surface area (Å²) in [5, 5.41) is 8.91. The number of anilines is 1. The smallest absolute Gasteiger partial charge is 0.121 e. The molecule has 0 saturated carbocycles. The zero-order valence-corrected chi connectivity index (χ0v) is 8.74. The summed E-state index contributed by atoms with van der Waals surface area (Å²) in [6, 6.07) is 7.62. The number of nitriles is 1. The molecule has 0 fully saturated rings. The molecule has 74 valence electrons. The summed E-state index contributed by atoms with van der Waals surface area (Å²) in [4.78, 5) is 2.01. The number of ether oxygens (including phenoxy) is 1. The standard InChI is InChI=1S/C11H14N2O/c1-4-13(2)11-7-10(14-3)6-5-9(11)8-12/h5-7H,4H2,1-3H3. The van der Waals surface area contributed by atoms with Gasteiger partial charge in [0.1, 0.15) is 11.8 Å². The maximum atomic E-state index is 8.91. The van der Waals surface area contributed by atoms with Gasteiger partial charge in [-0.2, -0.15) is 5.26 Å². The molecular weight excluding hydrogens is 176 g/mol. The molecule has 0 aliphatic heterocycles. The SMILES string of the molecule is CCN(C)c1cc(OC)ccc1C#N. The zero-order valence-electron chi connectivity index (χ0n) is 8.74. The van der Waals surface area contributed by atoms with Crippen molar-refractivity contribution in [3.63, 3.8) is 0 Å². The number of methoxy groups -OCH3 is 1. The van der Waals surface area contributed by atoms with Crippen molar-refractivity contribution in [3.8, 4) is 11.8 Å². The van der Waals surface area contributed by atoms with Gasteiger partial charge in [0.15, 0.2) is 0 Å². The van der Waals surface area contributed by atoms with E-state index in [-0.39, 0.29) is 0 Å². The fourth-order valence-electron chi connectivity index (χ4n) is 1.22. The van der Waals surface area contributed by atoms with Crippen LogP contribution in [0.25, 0.3) is 0 Å². The van der Waals surface area contributed by atoms with Crippen molar-refractivity contribution in [2.24, 2.45) is 0 Å². The summed E-state index contributed by atoms with van der Waals surface area (Å²) < 4.78 is 5.11. The summed E-state index contributed by atoms with van der Waals surface area (Å²) in [5.41, 5.74) is 1.59. The van der Waals surface area contributed by atoms with E-state index in [1.54, 1.807) is 19.2 Å². The highest BCUT2D eigenvalue weighted by Gasteiger charge is 2.06. The van der Waals surface area contributed by atoms with Gasteiger partial charge < -0.3 is 9.64 Å². The predicted molar refractivity (Wildman–Crippen MR) is 56.7 cm³/mol. The summed E-state index contributed by atoms with van der Waals surface area (Å²) >= 11 is 0. The van der Waals surface area contributed by atoms with E-state index >= 15 is 0 Å². The van der Waals surface area contributed by atoms with Gasteiger partial charge in [0.2, 0.25) is 0 Å². The lowest BCUT2D eigenvalue weighted by molar-refractivity contribution is 0.415. The second-order valence-electron chi connectivity index (χ2n) is 3.01. The van der Waals surface area contributed by atoms with Crippen molar-refractivity contribution < 1.29 is 4.74 Å². The number of benzene rings is 1. The number of hydrogen-bond donors (Lipinski definition) is 0. The normalized spacial score (nSPS) is 9.29. The lowest BCUT2D eigenvalue weighted by atomic mass is 10.1. The minimum absolute atomic E-state index is 0.676. The van der Waals surface area contributed by atoms with E-state index in [0.717, 1.165) is 18.0 Å². The molecule has 0 bridgehead atoms. The first-order valence-electron chi connectivity index (χ1n) is 4.52. The molecule has 1 aromatic carbocycles. The van der Waals surface area contributed by atoms with Crippen LogP contribution in [0, 0.1) is 11.3 Å². The van der Waals surface area contributed by atoms with Crippen LogP contribution in [0.3, 0.4) is 0 Å². The minimum Gasteiger partial charge on any atom is -0.497 e. The van der Waals surface area contributed by atoms with Crippen molar-refractivity contribution >= 4 is 5.69 Å². The van der Waals surface area contributed by atoms with E-state index in [9.17, 15) is 0 Å². The molecule has 0 spiro atoms. The molecule has 0 unspecified atom stereocenters. The molecule has 0 aliphatic carbocycles. The van der Waals surface area contributed by atoms with Crippen LogP contribution in [-0.4, -0.2) is 20.7 Å². The Morgan fingerprint density at radius 2 is 2.21 bits per heavy atom. The maximum absolute atomic E-state index is 8.91. The predicted octanol–water partition coefficient (Wildman–Crippen LogP) is 2.02. The Bertz CT molecular complexity index is 355. The second-order valence-corrected chi connectivity index (χ2v) is 3.01. The Morgan fingerprint density at radius 1 is 1.50 bits per heavy atom. The fourth-order valence-corrected chi connectivity index (χ4v) is 1.22. The van der Waals surface area contributed by atoms with Gasteiger partial charge in [-0.15, -0.1) is 0 Å². The van der Waals surface area contributed by atoms with Crippen LogP contribution in [0.1, 0.15) is 12.5 Å². The lowest BCUT2D eigenvalue weighted by Crippen LogP contribution is -2.17. The van der Waals surface area contributed by atoms with Crippen LogP contribution in [-0.2, 0) is 0 Å². The molecule has 3 nitrogen and oxygen atoms in total. The fraction of sp³-hybridized carbons (Fsp3) is 0.364. The van der Waals surface area contributed by atoms with Crippen molar-refractivity contribution in [1.82, 2.24) is 0 Å². The molecule has 0 atom stereocenters. The van der Waals surface area contributed by atoms with Crippen molar-refractivity contribution in [3.05, 3.63) is 23.8 Å². The molecule has 0 heterocycles. The Hall–Kier alpha value is -1.69. The van der Waals surface area contributed by atoms with E-state index in [1.807, 2.05) is 24.9 Å². The first kappa shape index (κ1) is 10.4. The van der Waals surface area contributed by atoms with Crippen molar-refractivity contribution in [2.45, 2.75) is 6.92 Å². The molecule has 0 radical (unpaired) electrons. The Morgan fingerprint density at radius 3 is 2.71 bits per heavy atom. The summed E-state index contributed by atoms with van der Waals surface area (Å²) in [6.07, 6.45) is 0. The molecule has 3 heteroatoms. The van der Waals surface area contributed by atoms with E-state index in [0.29, 0.717) is 5.56 Å². The lowest BCUT2D eigenvalue weighted by Gasteiger charge is -2.18. The molecule has 14 heavy (non-hydrogen) atoms. The first-order chi connectivity index (χ1) is 6.72. The minimum atomic E-state index is 0.676. The second kappa shape index (κ2) is 4.52. The molecule has 0 amide bonds. The van der Waals surface area contributed by atoms with Gasteiger partial charge in [0.05, 0.1) is 18.4 Å². The highest BCUT2D eigenvalue weighted by molar-refractivity contribution is 5.61. The van der Waals surface area contributed by atoms with E-state index < -0.39 is 0 Å². The van der Waals surface area contributed by atoms with Crippen LogP contribution >= 0.6 is 0 Å². The van der Waals surface area contributed by atoms with E-state index in [2.05, 4.69) is 6.07 Å². The monoisotopic (exact) mass is 190 g/mol. The average Bonchev–Trinajstić information content (AvgIpc) is 2.27. The Labute approximate surface area is 84.5 Å². The van der Waals surface area contributed by atoms with Gasteiger partial charge in [0.25, 0.3) is 0 Å². The van der Waals surface area contributed by atoms with Crippen LogP contribution in [0.5, 0.6) is 5.75 Å². The van der Waals surface area contributed by atoms with Crippen LogP contribution in [0.15, 0.2) is 18.2 Å². The van der Waals surface area contributed by atoms with Crippen LogP contribution in [0.4, 0.5) is 5.69 Å². The molecular formula is C11H14N2O. The Balaban J connectivity index is 3.16. The number of rotatable bonds is 3. The molecule has 0 aromatic heterocycles. The molecule has 0 N–H and O–H groups in total. The van der Waals surface area contributed by atoms with E-state index in [1.165, 1.54) is 0 Å². The van der Waals surface area contributed by atoms with Crippen molar-refractivity contribution in [1.29, 1.82) is 5.26 Å². The topological polar surface area (TPSA) is 36.3 Å². The highest BCUT2D eigenvalue weighted by atomic mass is 16.5. The third-order valence-electron chi connectivity index (χ3n) is 2.21. The van der Waals surface area contributed by atoms with E-state index in [4.69, 9.17) is 10.00 Å². The quantitative estimate of drug-likeness (QED) is 0.731. The van der Waals surface area contributed by atoms with Crippen LogP contribution < -0.4 is 9.64 Å². The van der Waals surface area contributed by atoms with Gasteiger partial charge in [-0.3, -0.25) is 0 Å². The van der Waals surface area contributed by atoms with Gasteiger partial charge in [-0.05, 0) is 19.1 Å². The number of hydrogen-bond acceptors (Lipinski definition) is 3. The third-order valence-corrected chi connectivity index (χ3v) is 2.21. The number of nitrogens with zero attached hydrogens (tertiary/aromatic N) is 2. The van der Waals surface area contributed by atoms with Crippen LogP contribution in [0.2, 0.25) is 0 Å². The van der Waals surface area contributed by atoms with Gasteiger partial charge in [-0.1, -0.05) is 0 Å². The summed E-state index contributed by atoms with van der Waals surface area (Å²) in [5.74, 6) is 0.777. The largest absolute Gasteiger partial charge is 0.497 e. The maximum Gasteiger partial charge on any atom is 0.121 e.